The first-order valence-electron chi connectivity index (χ1n) is 11.3. The van der Waals surface area contributed by atoms with Gasteiger partial charge in [-0.05, 0) is 69.5 Å². The van der Waals surface area contributed by atoms with Gasteiger partial charge in [-0.25, -0.2) is 0 Å². The Balaban J connectivity index is 1.40. The lowest BCUT2D eigenvalue weighted by Crippen LogP contribution is -2.43. The molecule has 4 heteroatoms. The van der Waals surface area contributed by atoms with Crippen molar-refractivity contribution in [2.75, 3.05) is 39.3 Å². The van der Waals surface area contributed by atoms with E-state index in [1.807, 2.05) is 0 Å². The van der Waals surface area contributed by atoms with Crippen molar-refractivity contribution >= 4 is 0 Å². The molecule has 1 heterocycles. The Kier molecular flexibility index (Phi) is 9.67. The molecule has 3 rings (SSSR count). The predicted octanol–water partition coefficient (Wildman–Crippen LogP) is 3.48. The van der Waals surface area contributed by atoms with Crippen molar-refractivity contribution in [1.82, 2.24) is 15.1 Å². The molecule has 1 saturated heterocycles. The maximum atomic E-state index is 5.63. The lowest BCUT2D eigenvalue weighted by Gasteiger charge is -2.32. The van der Waals surface area contributed by atoms with Gasteiger partial charge in [-0.3, -0.25) is 4.90 Å². The van der Waals surface area contributed by atoms with E-state index in [9.17, 15) is 0 Å². The second-order valence-electron chi connectivity index (χ2n) is 8.25. The van der Waals surface area contributed by atoms with E-state index >= 15 is 0 Å². The molecule has 0 amide bonds. The molecule has 4 nitrogen and oxygen atoms in total. The van der Waals surface area contributed by atoms with Crippen LogP contribution in [0.5, 0.6) is 0 Å². The molecule has 2 aromatic carbocycles. The third-order valence-electron chi connectivity index (χ3n) is 5.85. The molecule has 0 radical (unpaired) electrons. The predicted molar refractivity (Wildman–Crippen MR) is 123 cm³/mol. The van der Waals surface area contributed by atoms with E-state index in [-0.39, 0.29) is 0 Å². The Morgan fingerprint density at radius 2 is 1.45 bits per heavy atom. The second kappa shape index (κ2) is 12.8. The van der Waals surface area contributed by atoms with Gasteiger partial charge in [-0.1, -0.05) is 60.7 Å². The molecular formula is C25H38N4. The number of nitrogens with two attached hydrogens (primary N) is 1. The fourth-order valence-electron chi connectivity index (χ4n) is 4.18. The van der Waals surface area contributed by atoms with E-state index in [1.165, 1.54) is 43.5 Å². The van der Waals surface area contributed by atoms with Crippen molar-refractivity contribution in [2.45, 2.75) is 44.8 Å². The maximum Gasteiger partial charge on any atom is 0.0237 e. The van der Waals surface area contributed by atoms with Gasteiger partial charge in [-0.2, -0.15) is 0 Å². The van der Waals surface area contributed by atoms with Crippen molar-refractivity contribution in [3.05, 3.63) is 71.8 Å². The SMILES string of the molecule is NCCCN1CCC(NCCCN(Cc2ccccc2)Cc2ccccc2)CC1. The Labute approximate surface area is 177 Å². The lowest BCUT2D eigenvalue weighted by molar-refractivity contribution is 0.194. The van der Waals surface area contributed by atoms with Gasteiger partial charge >= 0.3 is 0 Å². The number of nitrogens with one attached hydrogen (secondary N) is 1. The van der Waals surface area contributed by atoms with Crippen molar-refractivity contribution in [3.63, 3.8) is 0 Å². The van der Waals surface area contributed by atoms with Gasteiger partial charge in [0.05, 0.1) is 0 Å². The Morgan fingerprint density at radius 3 is 2.00 bits per heavy atom. The van der Waals surface area contributed by atoms with Crippen molar-refractivity contribution in [2.24, 2.45) is 5.73 Å². The third kappa shape index (κ3) is 8.27. The number of piperidine rings is 1. The summed E-state index contributed by atoms with van der Waals surface area (Å²) in [5.41, 5.74) is 8.41. The molecule has 0 spiro atoms. The molecule has 0 unspecified atom stereocenters. The minimum atomic E-state index is 0.681. The first-order valence-corrected chi connectivity index (χ1v) is 11.3. The quantitative estimate of drug-likeness (QED) is 0.541. The fourth-order valence-corrected chi connectivity index (χ4v) is 4.18. The van der Waals surface area contributed by atoms with Crippen LogP contribution in [0.2, 0.25) is 0 Å². The number of nitrogens with zero attached hydrogens (tertiary/aromatic N) is 2. The van der Waals surface area contributed by atoms with Crippen LogP contribution in [0.15, 0.2) is 60.7 Å². The van der Waals surface area contributed by atoms with Crippen LogP contribution < -0.4 is 11.1 Å². The molecule has 1 aliphatic rings. The van der Waals surface area contributed by atoms with Gasteiger partial charge in [-0.15, -0.1) is 0 Å². The highest BCUT2D eigenvalue weighted by Crippen LogP contribution is 2.12. The van der Waals surface area contributed by atoms with Crippen LogP contribution in [-0.4, -0.2) is 55.1 Å². The summed E-state index contributed by atoms with van der Waals surface area (Å²) in [5.74, 6) is 0. The zero-order valence-corrected chi connectivity index (χ0v) is 17.8. The van der Waals surface area contributed by atoms with Crippen molar-refractivity contribution < 1.29 is 0 Å². The summed E-state index contributed by atoms with van der Waals surface area (Å²) in [4.78, 5) is 5.13. The van der Waals surface area contributed by atoms with Crippen LogP contribution in [0.1, 0.15) is 36.8 Å². The number of hydrogen-bond donors (Lipinski definition) is 2. The number of hydrogen-bond acceptors (Lipinski definition) is 4. The van der Waals surface area contributed by atoms with E-state index in [0.717, 1.165) is 45.7 Å². The highest BCUT2D eigenvalue weighted by atomic mass is 15.1. The summed E-state index contributed by atoms with van der Waals surface area (Å²) >= 11 is 0. The average molecular weight is 395 g/mol. The van der Waals surface area contributed by atoms with E-state index in [0.29, 0.717) is 6.04 Å². The molecule has 1 aliphatic heterocycles. The summed E-state index contributed by atoms with van der Waals surface area (Å²) in [6.45, 7) is 8.64. The molecule has 158 valence electrons. The molecule has 1 fully saturated rings. The van der Waals surface area contributed by atoms with E-state index in [2.05, 4.69) is 75.8 Å². The van der Waals surface area contributed by atoms with Gasteiger partial charge in [0.2, 0.25) is 0 Å². The minimum absolute atomic E-state index is 0.681. The topological polar surface area (TPSA) is 44.5 Å². The summed E-state index contributed by atoms with van der Waals surface area (Å²) in [6, 6.07) is 22.3. The van der Waals surface area contributed by atoms with Crippen LogP contribution in [-0.2, 0) is 13.1 Å². The maximum absolute atomic E-state index is 5.63. The average Bonchev–Trinajstić information content (AvgIpc) is 2.77. The van der Waals surface area contributed by atoms with Gasteiger partial charge < -0.3 is 16.0 Å². The van der Waals surface area contributed by atoms with Crippen LogP contribution in [0, 0.1) is 0 Å². The molecular weight excluding hydrogens is 356 g/mol. The van der Waals surface area contributed by atoms with E-state index in [4.69, 9.17) is 5.73 Å². The van der Waals surface area contributed by atoms with Crippen molar-refractivity contribution in [3.8, 4) is 0 Å². The molecule has 2 aromatic rings. The molecule has 29 heavy (non-hydrogen) atoms. The van der Waals surface area contributed by atoms with Crippen LogP contribution in [0.3, 0.4) is 0 Å². The minimum Gasteiger partial charge on any atom is -0.330 e. The Bertz CT molecular complexity index is 612. The molecule has 0 aliphatic carbocycles. The van der Waals surface area contributed by atoms with Gasteiger partial charge in [0.1, 0.15) is 0 Å². The first kappa shape index (κ1) is 22.0. The monoisotopic (exact) mass is 394 g/mol. The number of benzene rings is 2. The molecule has 0 bridgehead atoms. The number of likely N-dealkylation sites (tertiary alicyclic amines) is 1. The third-order valence-corrected chi connectivity index (χ3v) is 5.85. The smallest absolute Gasteiger partial charge is 0.0237 e. The molecule has 0 saturated carbocycles. The van der Waals surface area contributed by atoms with Gasteiger partial charge in [0.15, 0.2) is 0 Å². The van der Waals surface area contributed by atoms with Crippen LogP contribution in [0.25, 0.3) is 0 Å². The standard InChI is InChI=1S/C25H38N4/c26-15-7-17-28-19-13-25(14-20-28)27-16-8-18-29(21-23-9-3-1-4-10-23)22-24-11-5-2-6-12-24/h1-6,9-12,25,27H,7-8,13-22,26H2. The normalized spacial score (nSPS) is 15.8. The highest BCUT2D eigenvalue weighted by molar-refractivity contribution is 5.17. The zero-order valence-electron chi connectivity index (χ0n) is 17.8. The zero-order chi connectivity index (χ0) is 20.2. The van der Waals surface area contributed by atoms with E-state index in [1.54, 1.807) is 0 Å². The first-order chi connectivity index (χ1) is 14.3. The summed E-state index contributed by atoms with van der Waals surface area (Å²) in [6.07, 6.45) is 4.84. The Hall–Kier alpha value is -1.72. The van der Waals surface area contributed by atoms with Crippen LogP contribution >= 0.6 is 0 Å². The molecule has 3 N–H and O–H groups in total. The number of rotatable bonds is 12. The fraction of sp³-hybridized carbons (Fsp3) is 0.520. The largest absolute Gasteiger partial charge is 0.330 e. The van der Waals surface area contributed by atoms with Gasteiger partial charge in [0.25, 0.3) is 0 Å². The summed E-state index contributed by atoms with van der Waals surface area (Å²) in [7, 11) is 0. The van der Waals surface area contributed by atoms with Crippen LogP contribution in [0.4, 0.5) is 0 Å². The summed E-state index contributed by atoms with van der Waals surface area (Å²) < 4.78 is 0. The second-order valence-corrected chi connectivity index (χ2v) is 8.25. The Morgan fingerprint density at radius 1 is 0.862 bits per heavy atom. The van der Waals surface area contributed by atoms with Crippen molar-refractivity contribution in [1.29, 1.82) is 0 Å². The summed E-state index contributed by atoms with van der Waals surface area (Å²) in [5, 5.41) is 3.80. The van der Waals surface area contributed by atoms with Gasteiger partial charge in [0, 0.05) is 25.7 Å². The molecule has 0 aromatic heterocycles. The highest BCUT2D eigenvalue weighted by Gasteiger charge is 2.18. The lowest BCUT2D eigenvalue weighted by atomic mass is 10.0. The van der Waals surface area contributed by atoms with E-state index < -0.39 is 0 Å². The molecule has 0 atom stereocenters.